The number of hydrogen-bond acceptors (Lipinski definition) is 4. The number of amides is 1. The zero-order valence-electron chi connectivity index (χ0n) is 16.3. The Labute approximate surface area is 165 Å². The van der Waals surface area contributed by atoms with E-state index in [1.165, 1.54) is 13.0 Å². The molecule has 2 aromatic rings. The lowest BCUT2D eigenvalue weighted by Crippen LogP contribution is -2.54. The third-order valence-corrected chi connectivity index (χ3v) is 5.25. The molecular formula is C22H26FN3O2. The molecule has 0 unspecified atom stereocenters. The van der Waals surface area contributed by atoms with Gasteiger partial charge in [0.05, 0.1) is 11.7 Å². The minimum atomic E-state index is -0.380. The smallest absolute Gasteiger partial charge is 0.237 e. The highest BCUT2D eigenvalue weighted by molar-refractivity contribution is 5.94. The molecule has 1 aliphatic rings. The molecule has 0 bridgehead atoms. The van der Waals surface area contributed by atoms with Crippen LogP contribution in [0.5, 0.6) is 0 Å². The van der Waals surface area contributed by atoms with Gasteiger partial charge in [-0.25, -0.2) is 4.39 Å². The first kappa shape index (κ1) is 20.0. The van der Waals surface area contributed by atoms with Gasteiger partial charge >= 0.3 is 0 Å². The van der Waals surface area contributed by atoms with E-state index in [4.69, 9.17) is 0 Å². The van der Waals surface area contributed by atoms with Crippen molar-refractivity contribution in [3.63, 3.8) is 0 Å². The summed E-state index contributed by atoms with van der Waals surface area (Å²) >= 11 is 0. The van der Waals surface area contributed by atoms with E-state index in [2.05, 4.69) is 10.2 Å². The number of halogens is 1. The van der Waals surface area contributed by atoms with Crippen LogP contribution in [-0.4, -0.2) is 48.8 Å². The fraction of sp³-hybridized carbons (Fsp3) is 0.364. The second-order valence-electron chi connectivity index (χ2n) is 7.12. The number of carbonyl (C=O) groups excluding carboxylic acids is 2. The first-order valence-corrected chi connectivity index (χ1v) is 9.57. The number of anilines is 1. The van der Waals surface area contributed by atoms with Crippen LogP contribution in [0.15, 0.2) is 48.5 Å². The Bertz CT molecular complexity index is 833. The monoisotopic (exact) mass is 383 g/mol. The van der Waals surface area contributed by atoms with Crippen molar-refractivity contribution >= 4 is 17.4 Å². The van der Waals surface area contributed by atoms with Crippen LogP contribution >= 0.6 is 0 Å². The van der Waals surface area contributed by atoms with Gasteiger partial charge in [0.15, 0.2) is 5.78 Å². The fourth-order valence-corrected chi connectivity index (χ4v) is 3.43. The van der Waals surface area contributed by atoms with Crippen LogP contribution < -0.4 is 10.2 Å². The van der Waals surface area contributed by atoms with Crippen LogP contribution in [0.3, 0.4) is 0 Å². The van der Waals surface area contributed by atoms with Gasteiger partial charge in [0, 0.05) is 38.3 Å². The third-order valence-electron chi connectivity index (χ3n) is 5.25. The predicted octanol–water partition coefficient (Wildman–Crippen LogP) is 2.86. The van der Waals surface area contributed by atoms with Crippen LogP contribution in [0, 0.1) is 5.82 Å². The van der Waals surface area contributed by atoms with E-state index in [0.717, 1.165) is 5.56 Å². The largest absolute Gasteiger partial charge is 0.367 e. The quantitative estimate of drug-likeness (QED) is 0.780. The summed E-state index contributed by atoms with van der Waals surface area (Å²) in [4.78, 5) is 27.9. The first-order chi connectivity index (χ1) is 13.5. The molecule has 1 saturated heterocycles. The van der Waals surface area contributed by atoms with Gasteiger partial charge < -0.3 is 10.2 Å². The van der Waals surface area contributed by atoms with Crippen LogP contribution in [0.4, 0.5) is 10.1 Å². The Kier molecular flexibility index (Phi) is 6.41. The minimum Gasteiger partial charge on any atom is -0.367 e. The molecule has 0 aromatic heterocycles. The van der Waals surface area contributed by atoms with Gasteiger partial charge in [0.1, 0.15) is 5.82 Å². The normalized spacial score (nSPS) is 15.9. The predicted molar refractivity (Wildman–Crippen MR) is 108 cm³/mol. The van der Waals surface area contributed by atoms with Crippen LogP contribution in [0.2, 0.25) is 0 Å². The second-order valence-corrected chi connectivity index (χ2v) is 7.12. The molecule has 0 spiro atoms. The van der Waals surface area contributed by atoms with Crippen molar-refractivity contribution in [3.8, 4) is 0 Å². The lowest BCUT2D eigenvalue weighted by Gasteiger charge is -2.38. The van der Waals surface area contributed by atoms with Crippen molar-refractivity contribution in [1.29, 1.82) is 0 Å². The van der Waals surface area contributed by atoms with Crippen molar-refractivity contribution in [3.05, 3.63) is 65.5 Å². The average molecular weight is 383 g/mol. The Hall–Kier alpha value is -2.73. The number of nitrogens with one attached hydrogen (secondary N) is 1. The molecule has 3 rings (SSSR count). The Morgan fingerprint density at radius 2 is 1.75 bits per heavy atom. The molecule has 1 amide bonds. The highest BCUT2D eigenvalue weighted by Gasteiger charge is 2.26. The summed E-state index contributed by atoms with van der Waals surface area (Å²) in [6.07, 6.45) is 0. The number of rotatable bonds is 6. The van der Waals surface area contributed by atoms with E-state index >= 15 is 0 Å². The number of hydrogen-bond donors (Lipinski definition) is 1. The average Bonchev–Trinajstić information content (AvgIpc) is 2.72. The molecule has 1 N–H and O–H groups in total. The van der Waals surface area contributed by atoms with Crippen molar-refractivity contribution in [1.82, 2.24) is 10.2 Å². The van der Waals surface area contributed by atoms with E-state index in [9.17, 15) is 14.0 Å². The maximum Gasteiger partial charge on any atom is 0.237 e. The molecule has 148 valence electrons. The molecule has 28 heavy (non-hydrogen) atoms. The Morgan fingerprint density at radius 1 is 1.07 bits per heavy atom. The van der Waals surface area contributed by atoms with Gasteiger partial charge in [-0.1, -0.05) is 30.3 Å². The Morgan fingerprint density at radius 3 is 2.36 bits per heavy atom. The lowest BCUT2D eigenvalue weighted by atomic mass is 10.1. The second kappa shape index (κ2) is 8.97. The van der Waals surface area contributed by atoms with Crippen molar-refractivity contribution in [2.45, 2.75) is 26.4 Å². The number of nitrogens with zero attached hydrogens (tertiary/aromatic N) is 2. The summed E-state index contributed by atoms with van der Waals surface area (Å²) < 4.78 is 14.4. The molecule has 6 heteroatoms. The molecule has 1 atom stereocenters. The van der Waals surface area contributed by atoms with Gasteiger partial charge in [-0.05, 0) is 37.6 Å². The van der Waals surface area contributed by atoms with Gasteiger partial charge in [-0.2, -0.15) is 0 Å². The van der Waals surface area contributed by atoms with Crippen LogP contribution in [0.25, 0.3) is 0 Å². The number of ketones is 1. The van der Waals surface area contributed by atoms with Crippen molar-refractivity contribution in [2.75, 3.05) is 31.1 Å². The summed E-state index contributed by atoms with van der Waals surface area (Å²) in [6, 6.07) is 14.2. The topological polar surface area (TPSA) is 52.7 Å². The van der Waals surface area contributed by atoms with Gasteiger partial charge in [0.2, 0.25) is 5.91 Å². The number of piperazine rings is 1. The van der Waals surface area contributed by atoms with Crippen molar-refractivity contribution < 1.29 is 14.0 Å². The molecule has 2 aromatic carbocycles. The van der Waals surface area contributed by atoms with Gasteiger partial charge in [-0.3, -0.25) is 14.5 Å². The minimum absolute atomic E-state index is 0.00528. The van der Waals surface area contributed by atoms with Crippen LogP contribution in [0.1, 0.15) is 29.8 Å². The zero-order chi connectivity index (χ0) is 20.1. The molecule has 0 saturated carbocycles. The highest BCUT2D eigenvalue weighted by atomic mass is 19.1. The van der Waals surface area contributed by atoms with Gasteiger partial charge in [0.25, 0.3) is 0 Å². The maximum absolute atomic E-state index is 14.4. The summed E-state index contributed by atoms with van der Waals surface area (Å²) in [5, 5.41) is 2.98. The number of benzene rings is 2. The summed E-state index contributed by atoms with van der Waals surface area (Å²) in [7, 11) is 0. The third kappa shape index (κ3) is 4.75. The molecule has 0 radical (unpaired) electrons. The van der Waals surface area contributed by atoms with E-state index in [-0.39, 0.29) is 23.5 Å². The fourth-order valence-electron chi connectivity index (χ4n) is 3.43. The standard InChI is InChI=1S/C22H26FN3O2/c1-16(22(28)24-15-18-6-4-3-5-7-18)25-10-12-26(13-11-25)21-9-8-19(17(2)27)14-20(21)23/h3-9,14,16H,10-13,15H2,1-2H3,(H,24,28)/t16-/m1/s1. The molecule has 1 heterocycles. The molecular weight excluding hydrogens is 357 g/mol. The van der Waals surface area contributed by atoms with Crippen molar-refractivity contribution in [2.24, 2.45) is 0 Å². The van der Waals surface area contributed by atoms with Gasteiger partial charge in [-0.15, -0.1) is 0 Å². The molecule has 1 aliphatic heterocycles. The summed E-state index contributed by atoms with van der Waals surface area (Å²) in [5.41, 5.74) is 1.95. The summed E-state index contributed by atoms with van der Waals surface area (Å²) in [5.74, 6) is -0.533. The van der Waals surface area contributed by atoms with E-state index in [1.807, 2.05) is 42.2 Å². The lowest BCUT2D eigenvalue weighted by molar-refractivity contribution is -0.126. The SMILES string of the molecule is CC(=O)c1ccc(N2CCN([C@H](C)C(=O)NCc3ccccc3)CC2)c(F)c1. The summed E-state index contributed by atoms with van der Waals surface area (Å²) in [6.45, 7) is 6.45. The maximum atomic E-state index is 14.4. The molecule has 0 aliphatic carbocycles. The zero-order valence-corrected chi connectivity index (χ0v) is 16.3. The number of carbonyl (C=O) groups is 2. The Balaban J connectivity index is 1.53. The van der Waals surface area contributed by atoms with E-state index < -0.39 is 0 Å². The number of Topliss-reactive ketones (excluding diaryl/α,β-unsaturated/α-hetero) is 1. The van der Waals surface area contributed by atoms with E-state index in [1.54, 1.807) is 12.1 Å². The van der Waals surface area contributed by atoms with E-state index in [0.29, 0.717) is 44.0 Å². The highest BCUT2D eigenvalue weighted by Crippen LogP contribution is 2.22. The molecule has 1 fully saturated rings. The van der Waals surface area contributed by atoms with Crippen LogP contribution in [-0.2, 0) is 11.3 Å². The first-order valence-electron chi connectivity index (χ1n) is 9.57. The molecule has 5 nitrogen and oxygen atoms in total.